The third-order valence-corrected chi connectivity index (χ3v) is 5.40. The fourth-order valence-corrected chi connectivity index (χ4v) is 3.72. The van der Waals surface area contributed by atoms with Gasteiger partial charge < -0.3 is 9.64 Å². The topological polar surface area (TPSA) is 36.0 Å². The van der Waals surface area contributed by atoms with Gasteiger partial charge in [0.2, 0.25) is 5.91 Å². The lowest BCUT2D eigenvalue weighted by molar-refractivity contribution is -0.138. The average molecular weight is 345 g/mol. The molecule has 5 nitrogen and oxygen atoms in total. The number of para-hydroxylation sites is 1. The van der Waals surface area contributed by atoms with Crippen LogP contribution < -0.4 is 4.74 Å². The van der Waals surface area contributed by atoms with Gasteiger partial charge in [-0.1, -0.05) is 18.2 Å². The Hall–Kier alpha value is -1.59. The van der Waals surface area contributed by atoms with E-state index in [-0.39, 0.29) is 6.04 Å². The molecule has 1 unspecified atom stereocenters. The summed E-state index contributed by atoms with van der Waals surface area (Å²) in [6, 6.07) is 9.99. The van der Waals surface area contributed by atoms with Gasteiger partial charge in [-0.25, -0.2) is 0 Å². The smallest absolute Gasteiger partial charge is 0.239 e. The molecule has 2 heterocycles. The van der Waals surface area contributed by atoms with Crippen molar-refractivity contribution in [3.05, 3.63) is 30.3 Å². The molecule has 0 saturated carbocycles. The van der Waals surface area contributed by atoms with Crippen LogP contribution >= 0.6 is 0 Å². The third-order valence-electron chi connectivity index (χ3n) is 5.40. The van der Waals surface area contributed by atoms with Crippen LogP contribution in [0.4, 0.5) is 0 Å². The van der Waals surface area contributed by atoms with E-state index in [0.29, 0.717) is 12.5 Å². The summed E-state index contributed by atoms with van der Waals surface area (Å²) >= 11 is 0. The van der Waals surface area contributed by atoms with Gasteiger partial charge in [0, 0.05) is 45.8 Å². The van der Waals surface area contributed by atoms with Crippen LogP contribution in [0.3, 0.4) is 0 Å². The molecule has 0 aliphatic carbocycles. The first-order chi connectivity index (χ1) is 12.2. The van der Waals surface area contributed by atoms with Crippen molar-refractivity contribution in [2.45, 2.75) is 32.2 Å². The standard InChI is InChI=1S/C20H31N3O2/c1-18(20(24)23-10-6-3-7-11-23)22-14-12-21(13-15-22)16-17-25-19-8-4-2-5-9-19/h2,4-5,8-9,18H,3,6-7,10-17H2,1H3. The van der Waals surface area contributed by atoms with Crippen LogP contribution in [0.25, 0.3) is 0 Å². The van der Waals surface area contributed by atoms with Crippen LogP contribution in [0.5, 0.6) is 5.75 Å². The number of hydrogen-bond donors (Lipinski definition) is 0. The fraction of sp³-hybridized carbons (Fsp3) is 0.650. The first kappa shape index (κ1) is 18.2. The van der Waals surface area contributed by atoms with Crippen molar-refractivity contribution in [2.24, 2.45) is 0 Å². The van der Waals surface area contributed by atoms with E-state index in [1.165, 1.54) is 6.42 Å². The van der Waals surface area contributed by atoms with Crippen LogP contribution in [0.1, 0.15) is 26.2 Å². The molecule has 3 rings (SSSR count). The van der Waals surface area contributed by atoms with E-state index in [2.05, 4.69) is 21.6 Å². The summed E-state index contributed by atoms with van der Waals surface area (Å²) in [7, 11) is 0. The number of nitrogens with zero attached hydrogens (tertiary/aromatic N) is 3. The molecule has 2 saturated heterocycles. The Morgan fingerprint density at radius 1 is 1.00 bits per heavy atom. The van der Waals surface area contributed by atoms with Crippen molar-refractivity contribution in [3.63, 3.8) is 0 Å². The second-order valence-corrected chi connectivity index (χ2v) is 7.10. The van der Waals surface area contributed by atoms with Crippen molar-refractivity contribution in [3.8, 4) is 5.75 Å². The van der Waals surface area contributed by atoms with Gasteiger partial charge in [0.1, 0.15) is 12.4 Å². The average Bonchev–Trinajstić information content (AvgIpc) is 2.69. The number of amides is 1. The molecule has 1 atom stereocenters. The summed E-state index contributed by atoms with van der Waals surface area (Å²) in [6.07, 6.45) is 3.59. The van der Waals surface area contributed by atoms with Gasteiger partial charge in [-0.2, -0.15) is 0 Å². The molecule has 2 aliphatic rings. The Labute approximate surface area is 151 Å². The number of rotatable bonds is 6. The van der Waals surface area contributed by atoms with E-state index in [1.807, 2.05) is 30.3 Å². The van der Waals surface area contributed by atoms with Crippen LogP contribution in [0, 0.1) is 0 Å². The van der Waals surface area contributed by atoms with E-state index < -0.39 is 0 Å². The largest absolute Gasteiger partial charge is 0.492 e. The minimum atomic E-state index is 0.0146. The zero-order valence-electron chi connectivity index (χ0n) is 15.4. The maximum atomic E-state index is 12.7. The molecule has 25 heavy (non-hydrogen) atoms. The van der Waals surface area contributed by atoms with Crippen molar-refractivity contribution in [1.29, 1.82) is 0 Å². The number of benzene rings is 1. The number of carbonyl (C=O) groups is 1. The normalized spacial score (nSPS) is 21.1. The van der Waals surface area contributed by atoms with Gasteiger partial charge >= 0.3 is 0 Å². The summed E-state index contributed by atoms with van der Waals surface area (Å²) in [5, 5.41) is 0. The maximum Gasteiger partial charge on any atom is 0.239 e. The first-order valence-corrected chi connectivity index (χ1v) is 9.67. The number of piperazine rings is 1. The van der Waals surface area contributed by atoms with Gasteiger partial charge in [-0.05, 0) is 38.3 Å². The van der Waals surface area contributed by atoms with Crippen LogP contribution in [-0.2, 0) is 4.79 Å². The lowest BCUT2D eigenvalue weighted by Gasteiger charge is -2.39. The van der Waals surface area contributed by atoms with Crippen molar-refractivity contribution < 1.29 is 9.53 Å². The second-order valence-electron chi connectivity index (χ2n) is 7.10. The molecule has 0 spiro atoms. The van der Waals surface area contributed by atoms with E-state index in [9.17, 15) is 4.79 Å². The molecule has 0 bridgehead atoms. The summed E-state index contributed by atoms with van der Waals surface area (Å²) in [5.41, 5.74) is 0. The zero-order chi connectivity index (χ0) is 17.5. The molecule has 2 fully saturated rings. The fourth-order valence-electron chi connectivity index (χ4n) is 3.72. The molecule has 1 amide bonds. The lowest BCUT2D eigenvalue weighted by Crippen LogP contribution is -2.55. The first-order valence-electron chi connectivity index (χ1n) is 9.67. The molecule has 1 aromatic rings. The van der Waals surface area contributed by atoms with E-state index in [4.69, 9.17) is 4.74 Å². The third kappa shape index (κ3) is 5.19. The maximum absolute atomic E-state index is 12.7. The van der Waals surface area contributed by atoms with Crippen molar-refractivity contribution in [2.75, 3.05) is 52.4 Å². The van der Waals surface area contributed by atoms with E-state index in [0.717, 1.165) is 64.4 Å². The summed E-state index contributed by atoms with van der Waals surface area (Å²) in [5.74, 6) is 1.25. The number of carbonyl (C=O) groups excluding carboxylic acids is 1. The Morgan fingerprint density at radius 3 is 2.36 bits per heavy atom. The van der Waals surface area contributed by atoms with Crippen LogP contribution in [0.15, 0.2) is 30.3 Å². The Balaban J connectivity index is 1.37. The SMILES string of the molecule is CC(C(=O)N1CCCCC1)N1CCN(CCOc2ccccc2)CC1. The number of likely N-dealkylation sites (tertiary alicyclic amines) is 1. The molecule has 1 aromatic carbocycles. The highest BCUT2D eigenvalue weighted by atomic mass is 16.5. The van der Waals surface area contributed by atoms with Gasteiger partial charge in [-0.15, -0.1) is 0 Å². The van der Waals surface area contributed by atoms with Gasteiger partial charge in [0.25, 0.3) is 0 Å². The van der Waals surface area contributed by atoms with Crippen LogP contribution in [-0.4, -0.2) is 79.1 Å². The zero-order valence-corrected chi connectivity index (χ0v) is 15.4. The minimum absolute atomic E-state index is 0.0146. The molecule has 0 radical (unpaired) electrons. The predicted molar refractivity (Wildman–Crippen MR) is 99.8 cm³/mol. The predicted octanol–water partition coefficient (Wildman–Crippen LogP) is 2.08. The molecular weight excluding hydrogens is 314 g/mol. The quantitative estimate of drug-likeness (QED) is 0.791. The van der Waals surface area contributed by atoms with Gasteiger partial charge in [0.15, 0.2) is 0 Å². The van der Waals surface area contributed by atoms with E-state index in [1.54, 1.807) is 0 Å². The minimum Gasteiger partial charge on any atom is -0.492 e. The molecule has 138 valence electrons. The highest BCUT2D eigenvalue weighted by molar-refractivity contribution is 5.81. The monoisotopic (exact) mass is 345 g/mol. The Bertz CT molecular complexity index is 523. The summed E-state index contributed by atoms with van der Waals surface area (Å²) in [4.78, 5) is 19.5. The molecule has 0 aromatic heterocycles. The Morgan fingerprint density at radius 2 is 1.68 bits per heavy atom. The molecule has 2 aliphatic heterocycles. The van der Waals surface area contributed by atoms with E-state index >= 15 is 0 Å². The van der Waals surface area contributed by atoms with Crippen molar-refractivity contribution in [1.82, 2.24) is 14.7 Å². The highest BCUT2D eigenvalue weighted by Crippen LogP contribution is 2.14. The van der Waals surface area contributed by atoms with Crippen molar-refractivity contribution >= 4 is 5.91 Å². The molecule has 0 N–H and O–H groups in total. The lowest BCUT2D eigenvalue weighted by atomic mass is 10.1. The molecular formula is C20H31N3O2. The van der Waals surface area contributed by atoms with Gasteiger partial charge in [0.05, 0.1) is 6.04 Å². The van der Waals surface area contributed by atoms with Crippen LogP contribution in [0.2, 0.25) is 0 Å². The van der Waals surface area contributed by atoms with Gasteiger partial charge in [-0.3, -0.25) is 14.6 Å². The second kappa shape index (κ2) is 9.20. The number of piperidine rings is 1. The number of hydrogen-bond acceptors (Lipinski definition) is 4. The summed E-state index contributed by atoms with van der Waals surface area (Å²) < 4.78 is 5.78. The molecule has 5 heteroatoms. The number of ether oxygens (including phenoxy) is 1. The highest BCUT2D eigenvalue weighted by Gasteiger charge is 2.29. The summed E-state index contributed by atoms with van der Waals surface area (Å²) in [6.45, 7) is 9.57. The Kier molecular flexibility index (Phi) is 6.70.